The van der Waals surface area contributed by atoms with Crippen molar-refractivity contribution in [1.82, 2.24) is 0 Å². The molecule has 2 amide bonds. The summed E-state index contributed by atoms with van der Waals surface area (Å²) in [4.78, 5) is 28.1. The topological polar surface area (TPSA) is 37.4 Å². The molecule has 5 rings (SSSR count). The SMILES string of the molecule is O=C1[C@@H]2[C@H]3C[C@H]([C@H](Br)[C@@H]3Br)[C@@H]2C(=O)N1c1ccc2ccccc2c1. The number of halogens is 2. The van der Waals surface area contributed by atoms with Gasteiger partial charge in [0.15, 0.2) is 0 Å². The van der Waals surface area contributed by atoms with Crippen LogP contribution >= 0.6 is 31.9 Å². The van der Waals surface area contributed by atoms with Gasteiger partial charge in [-0.1, -0.05) is 62.2 Å². The highest BCUT2D eigenvalue weighted by molar-refractivity contribution is 9.12. The summed E-state index contributed by atoms with van der Waals surface area (Å²) in [6.07, 6.45) is 0.963. The van der Waals surface area contributed by atoms with Crippen molar-refractivity contribution in [2.45, 2.75) is 16.1 Å². The van der Waals surface area contributed by atoms with Gasteiger partial charge in [-0.05, 0) is 41.2 Å². The van der Waals surface area contributed by atoms with Crippen molar-refractivity contribution in [3.63, 3.8) is 0 Å². The zero-order valence-corrected chi connectivity index (χ0v) is 15.9. The van der Waals surface area contributed by atoms with Crippen molar-refractivity contribution in [3.8, 4) is 0 Å². The number of anilines is 1. The molecule has 2 aromatic rings. The fourth-order valence-corrected chi connectivity index (χ4v) is 6.79. The summed E-state index contributed by atoms with van der Waals surface area (Å²) >= 11 is 7.45. The molecule has 1 saturated heterocycles. The van der Waals surface area contributed by atoms with Crippen LogP contribution in [0.15, 0.2) is 42.5 Å². The number of fused-ring (bicyclic) bond motifs is 6. The number of nitrogens with zero attached hydrogens (tertiary/aromatic N) is 1. The van der Waals surface area contributed by atoms with E-state index in [0.717, 1.165) is 17.2 Å². The predicted octanol–water partition coefficient (Wildman–Crippen LogP) is 4.12. The van der Waals surface area contributed by atoms with Crippen LogP contribution in [0, 0.1) is 23.7 Å². The number of amides is 2. The van der Waals surface area contributed by atoms with Gasteiger partial charge in [0.25, 0.3) is 0 Å². The van der Waals surface area contributed by atoms with Crippen LogP contribution in [0.5, 0.6) is 0 Å². The lowest BCUT2D eigenvalue weighted by molar-refractivity contribution is -0.123. The third kappa shape index (κ3) is 1.83. The molecular formula is C19H15Br2NO2. The molecule has 2 aliphatic carbocycles. The molecule has 1 aliphatic heterocycles. The highest BCUT2D eigenvalue weighted by Crippen LogP contribution is 2.60. The van der Waals surface area contributed by atoms with E-state index in [1.807, 2.05) is 42.5 Å². The number of carbonyl (C=O) groups excluding carboxylic acids is 2. The maximum Gasteiger partial charge on any atom is 0.238 e. The number of carbonyl (C=O) groups is 2. The van der Waals surface area contributed by atoms with Gasteiger partial charge in [0.2, 0.25) is 11.8 Å². The van der Waals surface area contributed by atoms with Gasteiger partial charge in [0.1, 0.15) is 0 Å². The van der Waals surface area contributed by atoms with Crippen molar-refractivity contribution in [1.29, 1.82) is 0 Å². The first-order valence-corrected chi connectivity index (χ1v) is 10.1. The summed E-state index contributed by atoms with van der Waals surface area (Å²) in [5.74, 6) is 0.158. The molecule has 3 aliphatic rings. The van der Waals surface area contributed by atoms with Gasteiger partial charge in [-0.15, -0.1) is 0 Å². The molecular weight excluding hydrogens is 434 g/mol. The zero-order chi connectivity index (χ0) is 16.6. The number of imide groups is 1. The van der Waals surface area contributed by atoms with Gasteiger partial charge in [-0.2, -0.15) is 0 Å². The molecule has 3 fully saturated rings. The Balaban J connectivity index is 1.57. The first-order valence-electron chi connectivity index (χ1n) is 8.22. The molecule has 5 heteroatoms. The molecule has 0 radical (unpaired) electrons. The lowest BCUT2D eigenvalue weighted by Gasteiger charge is -2.28. The minimum Gasteiger partial charge on any atom is -0.274 e. The van der Waals surface area contributed by atoms with Crippen molar-refractivity contribution >= 4 is 60.1 Å². The standard InChI is InChI=1S/C19H15Br2NO2/c20-16-12-8-13(17(16)21)15-14(12)18(23)22(19(15)24)11-6-5-9-3-1-2-4-10(9)7-11/h1-7,12-17H,8H2/t12-,13+,14-,15+,16-,17+. The third-order valence-corrected chi connectivity index (χ3v) is 9.18. The van der Waals surface area contributed by atoms with Gasteiger partial charge < -0.3 is 0 Å². The summed E-state index contributed by atoms with van der Waals surface area (Å²) in [6, 6.07) is 13.8. The van der Waals surface area contributed by atoms with Crippen molar-refractivity contribution in [2.75, 3.05) is 4.90 Å². The number of hydrogen-bond donors (Lipinski definition) is 0. The number of alkyl halides is 2. The van der Waals surface area contributed by atoms with Crippen LogP contribution in [0.3, 0.4) is 0 Å². The fraction of sp³-hybridized carbons (Fsp3) is 0.368. The van der Waals surface area contributed by atoms with Gasteiger partial charge in [-0.25, -0.2) is 0 Å². The Bertz CT molecular complexity index is 851. The monoisotopic (exact) mass is 447 g/mol. The van der Waals surface area contributed by atoms with Crippen LogP contribution in [-0.2, 0) is 9.59 Å². The number of hydrogen-bond acceptors (Lipinski definition) is 2. The Morgan fingerprint density at radius 1 is 0.833 bits per heavy atom. The molecule has 0 aromatic heterocycles. The molecule has 6 atom stereocenters. The van der Waals surface area contributed by atoms with Gasteiger partial charge in [0.05, 0.1) is 17.5 Å². The van der Waals surface area contributed by atoms with E-state index in [-0.39, 0.29) is 45.1 Å². The van der Waals surface area contributed by atoms with E-state index in [1.54, 1.807) is 0 Å². The Morgan fingerprint density at radius 2 is 1.42 bits per heavy atom. The molecule has 24 heavy (non-hydrogen) atoms. The van der Waals surface area contributed by atoms with Crippen molar-refractivity contribution in [2.24, 2.45) is 23.7 Å². The van der Waals surface area contributed by atoms with Crippen LogP contribution in [0.25, 0.3) is 10.8 Å². The molecule has 2 aromatic carbocycles. The van der Waals surface area contributed by atoms with Gasteiger partial charge >= 0.3 is 0 Å². The minimum absolute atomic E-state index is 0.0170. The number of rotatable bonds is 1. The Hall–Kier alpha value is -1.20. The Kier molecular flexibility index (Phi) is 3.24. The summed E-state index contributed by atoms with van der Waals surface area (Å²) in [7, 11) is 0. The average Bonchev–Trinajstić information content (AvgIpc) is 3.19. The average molecular weight is 449 g/mol. The normalized spacial score (nSPS) is 37.5. The first kappa shape index (κ1) is 15.1. The summed E-state index contributed by atoms with van der Waals surface area (Å²) in [5, 5.41) is 2.16. The Labute approximate surface area is 156 Å². The highest BCUT2D eigenvalue weighted by atomic mass is 79.9. The lowest BCUT2D eigenvalue weighted by Crippen LogP contribution is -2.37. The van der Waals surface area contributed by atoms with Crippen LogP contribution in [-0.4, -0.2) is 21.5 Å². The van der Waals surface area contributed by atoms with Crippen LogP contribution in [0.2, 0.25) is 0 Å². The molecule has 0 spiro atoms. The molecule has 0 N–H and O–H groups in total. The first-order chi connectivity index (χ1) is 11.6. The van der Waals surface area contributed by atoms with Gasteiger partial charge in [-0.3, -0.25) is 14.5 Å². The van der Waals surface area contributed by atoms with Crippen LogP contribution < -0.4 is 4.90 Å². The second kappa shape index (κ2) is 5.15. The second-order valence-electron chi connectivity index (χ2n) is 7.05. The summed E-state index contributed by atoms with van der Waals surface area (Å²) < 4.78 is 0. The molecule has 122 valence electrons. The van der Waals surface area contributed by atoms with Crippen molar-refractivity contribution in [3.05, 3.63) is 42.5 Å². The third-order valence-electron chi connectivity index (χ3n) is 5.98. The zero-order valence-electron chi connectivity index (χ0n) is 12.7. The molecule has 2 saturated carbocycles. The number of benzene rings is 2. The van der Waals surface area contributed by atoms with E-state index in [9.17, 15) is 9.59 Å². The van der Waals surface area contributed by atoms with E-state index >= 15 is 0 Å². The molecule has 0 unspecified atom stereocenters. The molecule has 1 heterocycles. The molecule has 2 bridgehead atoms. The van der Waals surface area contributed by atoms with Crippen molar-refractivity contribution < 1.29 is 9.59 Å². The van der Waals surface area contributed by atoms with Gasteiger partial charge in [0, 0.05) is 9.65 Å². The maximum absolute atomic E-state index is 13.0. The maximum atomic E-state index is 13.0. The Morgan fingerprint density at radius 3 is 2.04 bits per heavy atom. The van der Waals surface area contributed by atoms with E-state index in [0.29, 0.717) is 5.69 Å². The van der Waals surface area contributed by atoms with E-state index in [1.165, 1.54) is 4.90 Å². The van der Waals surface area contributed by atoms with E-state index < -0.39 is 0 Å². The van der Waals surface area contributed by atoms with Crippen LogP contribution in [0.4, 0.5) is 5.69 Å². The van der Waals surface area contributed by atoms with E-state index in [2.05, 4.69) is 31.9 Å². The lowest BCUT2D eigenvalue weighted by atomic mass is 9.81. The predicted molar refractivity (Wildman–Crippen MR) is 100 cm³/mol. The largest absolute Gasteiger partial charge is 0.274 e. The summed E-state index contributed by atoms with van der Waals surface area (Å²) in [5.41, 5.74) is 0.703. The quantitative estimate of drug-likeness (QED) is 0.486. The van der Waals surface area contributed by atoms with Crippen LogP contribution in [0.1, 0.15) is 6.42 Å². The fourth-order valence-electron chi connectivity index (χ4n) is 4.92. The smallest absolute Gasteiger partial charge is 0.238 e. The van der Waals surface area contributed by atoms with E-state index in [4.69, 9.17) is 0 Å². The highest BCUT2D eigenvalue weighted by Gasteiger charge is 2.66. The second-order valence-corrected chi connectivity index (χ2v) is 9.16. The minimum atomic E-state index is -0.160. The summed E-state index contributed by atoms with van der Waals surface area (Å²) in [6.45, 7) is 0. The molecule has 3 nitrogen and oxygen atoms in total.